The fourth-order valence-corrected chi connectivity index (χ4v) is 3.28. The molecule has 0 radical (unpaired) electrons. The predicted molar refractivity (Wildman–Crippen MR) is 83.4 cm³/mol. The maximum Gasteiger partial charge on any atom is 0.341 e. The van der Waals surface area contributed by atoms with E-state index >= 15 is 0 Å². The number of carbonyl (C=O) groups is 3. The lowest BCUT2D eigenvalue weighted by Crippen LogP contribution is -2.25. The van der Waals surface area contributed by atoms with Crippen molar-refractivity contribution in [3.63, 3.8) is 0 Å². The summed E-state index contributed by atoms with van der Waals surface area (Å²) < 4.78 is 9.88. The molecule has 0 N–H and O–H groups in total. The first-order valence-corrected chi connectivity index (χ1v) is 7.58. The second kappa shape index (κ2) is 6.83. The van der Waals surface area contributed by atoms with Gasteiger partial charge in [-0.25, -0.2) is 4.79 Å². The third-order valence-electron chi connectivity index (χ3n) is 3.32. The first kappa shape index (κ1) is 16.4. The Morgan fingerprint density at radius 1 is 1.32 bits per heavy atom. The molecule has 1 aliphatic rings. The summed E-state index contributed by atoms with van der Waals surface area (Å²) in [5.41, 5.74) is 0.941. The SMILES string of the molecule is COC(=O)c1ccc(N2CC(SC(C)=O)CC2=O)cc1OC. The summed E-state index contributed by atoms with van der Waals surface area (Å²) in [4.78, 5) is 36.5. The number of amides is 1. The molecule has 0 aliphatic carbocycles. The van der Waals surface area contributed by atoms with Crippen LogP contribution in [-0.4, -0.2) is 43.0 Å². The highest BCUT2D eigenvalue weighted by molar-refractivity contribution is 8.14. The van der Waals surface area contributed by atoms with Gasteiger partial charge in [-0.2, -0.15) is 0 Å². The zero-order valence-corrected chi connectivity index (χ0v) is 13.4. The number of anilines is 1. The van der Waals surface area contributed by atoms with Crippen LogP contribution in [0.25, 0.3) is 0 Å². The smallest absolute Gasteiger partial charge is 0.341 e. The Bertz CT molecular complexity index is 616. The van der Waals surface area contributed by atoms with Gasteiger partial charge in [0.25, 0.3) is 0 Å². The van der Waals surface area contributed by atoms with Gasteiger partial charge in [-0.15, -0.1) is 0 Å². The van der Waals surface area contributed by atoms with Crippen molar-refractivity contribution in [3.8, 4) is 5.75 Å². The van der Waals surface area contributed by atoms with Gasteiger partial charge in [-0.1, -0.05) is 11.8 Å². The number of benzene rings is 1. The molecular formula is C15H17NO5S. The van der Waals surface area contributed by atoms with Crippen molar-refractivity contribution in [2.75, 3.05) is 25.7 Å². The van der Waals surface area contributed by atoms with Crippen molar-refractivity contribution in [2.24, 2.45) is 0 Å². The van der Waals surface area contributed by atoms with Crippen LogP contribution in [0.2, 0.25) is 0 Å². The number of hydrogen-bond donors (Lipinski definition) is 0. The van der Waals surface area contributed by atoms with Crippen LogP contribution in [0, 0.1) is 0 Å². The van der Waals surface area contributed by atoms with Gasteiger partial charge in [0.05, 0.1) is 14.2 Å². The monoisotopic (exact) mass is 323 g/mol. The average molecular weight is 323 g/mol. The molecule has 1 heterocycles. The van der Waals surface area contributed by atoms with Gasteiger partial charge in [0.2, 0.25) is 5.91 Å². The Morgan fingerprint density at radius 3 is 2.64 bits per heavy atom. The molecule has 0 saturated carbocycles. The number of carbonyl (C=O) groups excluding carboxylic acids is 3. The van der Waals surface area contributed by atoms with E-state index in [1.807, 2.05) is 0 Å². The fourth-order valence-electron chi connectivity index (χ4n) is 2.36. The van der Waals surface area contributed by atoms with E-state index < -0.39 is 5.97 Å². The van der Waals surface area contributed by atoms with Crippen molar-refractivity contribution >= 4 is 34.4 Å². The number of rotatable bonds is 4. The molecule has 1 atom stereocenters. The summed E-state index contributed by atoms with van der Waals surface area (Å²) in [7, 11) is 2.75. The van der Waals surface area contributed by atoms with Gasteiger partial charge >= 0.3 is 5.97 Å². The summed E-state index contributed by atoms with van der Waals surface area (Å²) in [5.74, 6) is -0.201. The largest absolute Gasteiger partial charge is 0.496 e. The fraction of sp³-hybridized carbons (Fsp3) is 0.400. The van der Waals surface area contributed by atoms with Gasteiger partial charge in [-0.3, -0.25) is 9.59 Å². The molecule has 0 spiro atoms. The van der Waals surface area contributed by atoms with Crippen LogP contribution >= 0.6 is 11.8 Å². The molecule has 1 fully saturated rings. The Hall–Kier alpha value is -2.02. The molecule has 7 heteroatoms. The Labute approximate surface area is 132 Å². The predicted octanol–water partition coefficient (Wildman–Crippen LogP) is 1.87. The second-order valence-electron chi connectivity index (χ2n) is 4.82. The minimum absolute atomic E-state index is 0.00160. The number of esters is 1. The Morgan fingerprint density at radius 2 is 2.05 bits per heavy atom. The highest BCUT2D eigenvalue weighted by Gasteiger charge is 2.32. The molecule has 22 heavy (non-hydrogen) atoms. The van der Waals surface area contributed by atoms with Gasteiger partial charge < -0.3 is 14.4 Å². The number of thioether (sulfide) groups is 1. The zero-order chi connectivity index (χ0) is 16.3. The molecule has 1 aromatic carbocycles. The lowest BCUT2D eigenvalue weighted by Gasteiger charge is -2.18. The molecular weight excluding hydrogens is 306 g/mol. The van der Waals surface area contributed by atoms with Crippen LogP contribution in [0.3, 0.4) is 0 Å². The maximum absolute atomic E-state index is 12.1. The molecule has 1 amide bonds. The van der Waals surface area contributed by atoms with Gasteiger partial charge in [-0.05, 0) is 12.1 Å². The third-order valence-corrected chi connectivity index (χ3v) is 4.31. The maximum atomic E-state index is 12.1. The van der Waals surface area contributed by atoms with Crippen LogP contribution in [0.1, 0.15) is 23.7 Å². The molecule has 1 aromatic rings. The number of methoxy groups -OCH3 is 2. The molecule has 1 unspecified atom stereocenters. The molecule has 1 aliphatic heterocycles. The lowest BCUT2D eigenvalue weighted by atomic mass is 10.1. The second-order valence-corrected chi connectivity index (χ2v) is 6.29. The van der Waals surface area contributed by atoms with Crippen molar-refractivity contribution in [2.45, 2.75) is 18.6 Å². The van der Waals surface area contributed by atoms with E-state index in [9.17, 15) is 14.4 Å². The summed E-state index contributed by atoms with van der Waals surface area (Å²) in [6.45, 7) is 1.95. The molecule has 1 saturated heterocycles. The first-order chi connectivity index (χ1) is 10.5. The van der Waals surface area contributed by atoms with E-state index in [1.165, 1.54) is 32.9 Å². The summed E-state index contributed by atoms with van der Waals surface area (Å²) in [6.07, 6.45) is 0.325. The third kappa shape index (κ3) is 3.41. The topological polar surface area (TPSA) is 72.9 Å². The van der Waals surface area contributed by atoms with Crippen molar-refractivity contribution in [1.29, 1.82) is 0 Å². The highest BCUT2D eigenvalue weighted by Crippen LogP contribution is 2.32. The van der Waals surface area contributed by atoms with Crippen LogP contribution in [-0.2, 0) is 14.3 Å². The first-order valence-electron chi connectivity index (χ1n) is 6.70. The minimum Gasteiger partial charge on any atom is -0.496 e. The van der Waals surface area contributed by atoms with Crippen LogP contribution in [0.15, 0.2) is 18.2 Å². The van der Waals surface area contributed by atoms with Crippen molar-refractivity contribution in [3.05, 3.63) is 23.8 Å². The zero-order valence-electron chi connectivity index (χ0n) is 12.6. The highest BCUT2D eigenvalue weighted by atomic mass is 32.2. The lowest BCUT2D eigenvalue weighted by molar-refractivity contribution is -0.117. The number of ether oxygens (including phenoxy) is 2. The van der Waals surface area contributed by atoms with Crippen LogP contribution in [0.4, 0.5) is 5.69 Å². The molecule has 2 rings (SSSR count). The molecule has 0 aromatic heterocycles. The minimum atomic E-state index is -0.499. The van der Waals surface area contributed by atoms with E-state index in [0.717, 1.165) is 0 Å². The quantitative estimate of drug-likeness (QED) is 0.788. The van der Waals surface area contributed by atoms with Gasteiger partial charge in [0.1, 0.15) is 11.3 Å². The Kier molecular flexibility index (Phi) is 5.07. The van der Waals surface area contributed by atoms with E-state index in [0.29, 0.717) is 30.0 Å². The number of nitrogens with zero attached hydrogens (tertiary/aromatic N) is 1. The van der Waals surface area contributed by atoms with Crippen molar-refractivity contribution in [1.82, 2.24) is 0 Å². The molecule has 6 nitrogen and oxygen atoms in total. The van der Waals surface area contributed by atoms with E-state index in [1.54, 1.807) is 23.1 Å². The van der Waals surface area contributed by atoms with Crippen LogP contribution in [0.5, 0.6) is 5.75 Å². The van der Waals surface area contributed by atoms with E-state index in [2.05, 4.69) is 4.74 Å². The summed E-state index contributed by atoms with van der Waals surface area (Å²) >= 11 is 1.18. The average Bonchev–Trinajstić information content (AvgIpc) is 2.85. The van der Waals surface area contributed by atoms with Gasteiger partial charge in [0.15, 0.2) is 5.12 Å². The normalized spacial score (nSPS) is 17.5. The van der Waals surface area contributed by atoms with Crippen LogP contribution < -0.4 is 9.64 Å². The van der Waals surface area contributed by atoms with Gasteiger partial charge in [0, 0.05) is 36.9 Å². The number of hydrogen-bond acceptors (Lipinski definition) is 6. The standard InChI is InChI=1S/C15H17NO5S/c1-9(17)22-11-7-14(18)16(8-11)10-4-5-12(15(19)21-3)13(6-10)20-2/h4-6,11H,7-8H2,1-3H3. The van der Waals surface area contributed by atoms with E-state index in [-0.39, 0.29) is 16.3 Å². The summed E-state index contributed by atoms with van der Waals surface area (Å²) in [6, 6.07) is 4.87. The summed E-state index contributed by atoms with van der Waals surface area (Å²) in [5, 5.41) is -0.0467. The Balaban J connectivity index is 2.24. The molecule has 118 valence electrons. The van der Waals surface area contributed by atoms with E-state index in [4.69, 9.17) is 4.74 Å². The molecule has 0 bridgehead atoms. The van der Waals surface area contributed by atoms with Crippen molar-refractivity contribution < 1.29 is 23.9 Å².